The Labute approximate surface area is 185 Å². The van der Waals surface area contributed by atoms with E-state index in [1.165, 1.54) is 26.1 Å². The zero-order chi connectivity index (χ0) is 23.2. The van der Waals surface area contributed by atoms with Crippen LogP contribution in [0.4, 0.5) is 10.5 Å². The minimum absolute atomic E-state index is 0.0531. The van der Waals surface area contributed by atoms with Gasteiger partial charge in [0.15, 0.2) is 6.10 Å². The molecule has 2 N–H and O–H groups in total. The van der Waals surface area contributed by atoms with Gasteiger partial charge in [0.2, 0.25) is 0 Å². The Morgan fingerprint density at radius 1 is 1.13 bits per heavy atom. The van der Waals surface area contributed by atoms with Gasteiger partial charge in [-0.05, 0) is 44.2 Å². The molecule has 2 rings (SSSR count). The Hall–Kier alpha value is -3.11. The average molecular weight is 468 g/mol. The van der Waals surface area contributed by atoms with Crippen LogP contribution in [0, 0.1) is 0 Å². The highest BCUT2D eigenvalue weighted by Crippen LogP contribution is 2.26. The van der Waals surface area contributed by atoms with Crippen LogP contribution in [0.2, 0.25) is 5.02 Å². The van der Waals surface area contributed by atoms with E-state index in [0.29, 0.717) is 12.2 Å². The minimum atomic E-state index is -4.00. The van der Waals surface area contributed by atoms with E-state index < -0.39 is 34.0 Å². The maximum Gasteiger partial charge on any atom is 0.340 e. The topological polar surface area (TPSA) is 122 Å². The number of esters is 1. The molecule has 0 aliphatic rings. The van der Waals surface area contributed by atoms with Crippen molar-refractivity contribution in [3.8, 4) is 0 Å². The number of halogens is 1. The zero-order valence-electron chi connectivity index (χ0n) is 17.1. The zero-order valence-corrected chi connectivity index (χ0v) is 18.7. The molecule has 0 unspecified atom stereocenters. The van der Waals surface area contributed by atoms with Crippen molar-refractivity contribution in [1.82, 2.24) is 10.6 Å². The molecular weight excluding hydrogens is 446 g/mol. The number of imide groups is 1. The van der Waals surface area contributed by atoms with Gasteiger partial charge in [0.1, 0.15) is 0 Å². The van der Waals surface area contributed by atoms with E-state index in [0.717, 1.165) is 10.4 Å². The monoisotopic (exact) mass is 467 g/mol. The van der Waals surface area contributed by atoms with Crippen LogP contribution in [0.5, 0.6) is 0 Å². The standard InChI is InChI=1S/C20H22ClN3O6S/c1-4-22-20(27)23-18(25)13(2)30-19(26)16-12-15(10-11-17(16)21)31(28,29)24(3)14-8-6-5-7-9-14/h5-13H,4H2,1-3H3,(H2,22,23,25,27)/t13-/m1/s1. The Morgan fingerprint density at radius 3 is 2.39 bits per heavy atom. The summed E-state index contributed by atoms with van der Waals surface area (Å²) >= 11 is 6.05. The molecule has 0 bridgehead atoms. The molecule has 11 heteroatoms. The van der Waals surface area contributed by atoms with Gasteiger partial charge in [-0.15, -0.1) is 0 Å². The van der Waals surface area contributed by atoms with Crippen LogP contribution in [0.25, 0.3) is 0 Å². The van der Waals surface area contributed by atoms with Crippen molar-refractivity contribution in [3.63, 3.8) is 0 Å². The van der Waals surface area contributed by atoms with Gasteiger partial charge < -0.3 is 10.1 Å². The van der Waals surface area contributed by atoms with E-state index >= 15 is 0 Å². The second kappa shape index (κ2) is 10.3. The minimum Gasteiger partial charge on any atom is -0.449 e. The number of nitrogens with zero attached hydrogens (tertiary/aromatic N) is 1. The summed E-state index contributed by atoms with van der Waals surface area (Å²) in [4.78, 5) is 35.7. The number of para-hydroxylation sites is 1. The summed E-state index contributed by atoms with van der Waals surface area (Å²) in [7, 11) is -2.62. The average Bonchev–Trinajstić information content (AvgIpc) is 2.73. The Morgan fingerprint density at radius 2 is 1.77 bits per heavy atom. The molecule has 0 radical (unpaired) electrons. The highest BCUT2D eigenvalue weighted by Gasteiger charge is 2.26. The van der Waals surface area contributed by atoms with Gasteiger partial charge in [0.25, 0.3) is 15.9 Å². The first-order valence-electron chi connectivity index (χ1n) is 9.21. The molecule has 31 heavy (non-hydrogen) atoms. The lowest BCUT2D eigenvalue weighted by molar-refractivity contribution is -0.127. The molecule has 2 aromatic rings. The maximum atomic E-state index is 13.0. The largest absolute Gasteiger partial charge is 0.449 e. The van der Waals surface area contributed by atoms with Crippen LogP contribution in [-0.4, -0.2) is 46.0 Å². The number of amides is 3. The first-order chi connectivity index (χ1) is 14.6. The quantitative estimate of drug-likeness (QED) is 0.603. The number of benzene rings is 2. The molecule has 166 valence electrons. The molecule has 0 aliphatic carbocycles. The van der Waals surface area contributed by atoms with Crippen LogP contribution < -0.4 is 14.9 Å². The predicted octanol–water partition coefficient (Wildman–Crippen LogP) is 2.56. The fraction of sp³-hybridized carbons (Fsp3) is 0.250. The Balaban J connectivity index is 2.23. The number of carbonyl (C=O) groups excluding carboxylic acids is 3. The summed E-state index contributed by atoms with van der Waals surface area (Å²) in [5, 5.41) is 4.34. The number of ether oxygens (including phenoxy) is 1. The highest BCUT2D eigenvalue weighted by molar-refractivity contribution is 7.92. The third-order valence-corrected chi connectivity index (χ3v) is 6.27. The Bertz CT molecular complexity index is 1080. The molecular formula is C20H22ClN3O6S. The van der Waals surface area contributed by atoms with Crippen molar-refractivity contribution in [2.24, 2.45) is 0 Å². The summed E-state index contributed by atoms with van der Waals surface area (Å²) < 4.78 is 32.0. The summed E-state index contributed by atoms with van der Waals surface area (Å²) in [5.74, 6) is -1.86. The van der Waals surface area contributed by atoms with Crippen molar-refractivity contribution >= 4 is 45.2 Å². The molecule has 0 saturated heterocycles. The summed E-state index contributed by atoms with van der Waals surface area (Å²) in [6, 6.07) is 11.2. The maximum absolute atomic E-state index is 13.0. The number of sulfonamides is 1. The van der Waals surface area contributed by atoms with Gasteiger partial charge in [-0.3, -0.25) is 14.4 Å². The van der Waals surface area contributed by atoms with Crippen LogP contribution in [0.1, 0.15) is 24.2 Å². The molecule has 0 aromatic heterocycles. The number of carbonyl (C=O) groups is 3. The highest BCUT2D eigenvalue weighted by atomic mass is 35.5. The number of anilines is 1. The molecule has 0 spiro atoms. The van der Waals surface area contributed by atoms with Crippen LogP contribution in [-0.2, 0) is 19.6 Å². The van der Waals surface area contributed by atoms with Crippen LogP contribution in [0.15, 0.2) is 53.4 Å². The first kappa shape index (κ1) is 24.2. The molecule has 0 heterocycles. The lowest BCUT2D eigenvalue weighted by atomic mass is 10.2. The number of urea groups is 1. The lowest BCUT2D eigenvalue weighted by Crippen LogP contribution is -2.44. The molecule has 0 saturated carbocycles. The van der Waals surface area contributed by atoms with E-state index in [9.17, 15) is 22.8 Å². The SMILES string of the molecule is CCNC(=O)NC(=O)[C@@H](C)OC(=O)c1cc(S(=O)(=O)N(C)c2ccccc2)ccc1Cl. The van der Waals surface area contributed by atoms with E-state index in [2.05, 4.69) is 5.32 Å². The number of hydrogen-bond acceptors (Lipinski definition) is 6. The third kappa shape index (κ3) is 5.96. The molecule has 0 fully saturated rings. The predicted molar refractivity (Wildman–Crippen MR) is 116 cm³/mol. The van der Waals surface area contributed by atoms with Crippen molar-refractivity contribution in [1.29, 1.82) is 0 Å². The second-order valence-electron chi connectivity index (χ2n) is 6.35. The second-order valence-corrected chi connectivity index (χ2v) is 8.72. The molecule has 2 aromatic carbocycles. The molecule has 0 aliphatic heterocycles. The Kier molecular flexibility index (Phi) is 8.01. The number of rotatable bonds is 7. The van der Waals surface area contributed by atoms with E-state index in [-0.39, 0.29) is 15.5 Å². The van der Waals surface area contributed by atoms with Crippen LogP contribution in [0.3, 0.4) is 0 Å². The third-order valence-electron chi connectivity index (χ3n) is 4.16. The normalized spacial score (nSPS) is 11.9. The van der Waals surface area contributed by atoms with E-state index in [4.69, 9.17) is 16.3 Å². The number of hydrogen-bond donors (Lipinski definition) is 2. The lowest BCUT2D eigenvalue weighted by Gasteiger charge is -2.20. The van der Waals surface area contributed by atoms with Crippen LogP contribution >= 0.6 is 11.6 Å². The van der Waals surface area contributed by atoms with E-state index in [1.54, 1.807) is 37.3 Å². The number of nitrogens with one attached hydrogen (secondary N) is 2. The summed E-state index contributed by atoms with van der Waals surface area (Å²) in [6.07, 6.45) is -1.32. The summed E-state index contributed by atoms with van der Waals surface area (Å²) in [6.45, 7) is 3.25. The van der Waals surface area contributed by atoms with Crippen molar-refractivity contribution in [3.05, 3.63) is 59.1 Å². The van der Waals surface area contributed by atoms with Gasteiger partial charge in [0.05, 0.1) is 21.2 Å². The first-order valence-corrected chi connectivity index (χ1v) is 11.0. The van der Waals surface area contributed by atoms with Crippen molar-refractivity contribution in [2.75, 3.05) is 17.9 Å². The molecule has 1 atom stereocenters. The van der Waals surface area contributed by atoms with Gasteiger partial charge >= 0.3 is 12.0 Å². The van der Waals surface area contributed by atoms with Gasteiger partial charge in [-0.2, -0.15) is 0 Å². The van der Waals surface area contributed by atoms with Gasteiger partial charge in [-0.1, -0.05) is 29.8 Å². The smallest absolute Gasteiger partial charge is 0.340 e. The van der Waals surface area contributed by atoms with Crippen molar-refractivity contribution < 1.29 is 27.5 Å². The van der Waals surface area contributed by atoms with Gasteiger partial charge in [0, 0.05) is 13.6 Å². The van der Waals surface area contributed by atoms with Gasteiger partial charge in [-0.25, -0.2) is 18.0 Å². The molecule has 3 amide bonds. The fourth-order valence-corrected chi connectivity index (χ4v) is 3.87. The summed E-state index contributed by atoms with van der Waals surface area (Å²) in [5.41, 5.74) is 0.194. The fourth-order valence-electron chi connectivity index (χ4n) is 2.45. The van der Waals surface area contributed by atoms with Crippen molar-refractivity contribution in [2.45, 2.75) is 24.8 Å². The molecule has 9 nitrogen and oxygen atoms in total. The van der Waals surface area contributed by atoms with E-state index in [1.807, 2.05) is 5.32 Å².